The molecule has 0 spiro atoms. The van der Waals surface area contributed by atoms with Crippen LogP contribution in [0.2, 0.25) is 10.0 Å². The van der Waals surface area contributed by atoms with Gasteiger partial charge in [0, 0.05) is 11.1 Å². The molecule has 0 aliphatic heterocycles. The number of hydrogen-bond acceptors (Lipinski definition) is 4. The van der Waals surface area contributed by atoms with Crippen LogP contribution >= 0.6 is 23.2 Å². The molecule has 1 aromatic carbocycles. The maximum absolute atomic E-state index is 5.84. The molecule has 82 valence electrons. The predicted octanol–water partition coefficient (Wildman–Crippen LogP) is 3.16. The quantitative estimate of drug-likeness (QED) is 0.838. The number of benzene rings is 1. The van der Waals surface area contributed by atoms with Gasteiger partial charge in [0.1, 0.15) is 11.3 Å². The Kier molecular flexibility index (Phi) is 3.12. The van der Waals surface area contributed by atoms with E-state index >= 15 is 0 Å². The van der Waals surface area contributed by atoms with Gasteiger partial charge in [0.2, 0.25) is 5.88 Å². The largest absolute Gasteiger partial charge is 0.435 e. The summed E-state index contributed by atoms with van der Waals surface area (Å²) in [6.45, 7) is 0. The van der Waals surface area contributed by atoms with Crippen LogP contribution in [0.4, 0.5) is 5.69 Å². The zero-order valence-corrected chi connectivity index (χ0v) is 9.53. The minimum atomic E-state index is 0.241. The predicted molar refractivity (Wildman–Crippen MR) is 63.0 cm³/mol. The minimum absolute atomic E-state index is 0.241. The molecule has 2 aromatic rings. The van der Waals surface area contributed by atoms with E-state index in [1.54, 1.807) is 18.2 Å². The van der Waals surface area contributed by atoms with E-state index in [2.05, 4.69) is 9.97 Å². The first-order valence-electron chi connectivity index (χ1n) is 4.35. The summed E-state index contributed by atoms with van der Waals surface area (Å²) in [7, 11) is 0. The van der Waals surface area contributed by atoms with Crippen molar-refractivity contribution in [3.8, 4) is 11.6 Å². The number of nitrogens with zero attached hydrogens (tertiary/aromatic N) is 2. The van der Waals surface area contributed by atoms with Gasteiger partial charge in [0.05, 0.1) is 11.9 Å². The van der Waals surface area contributed by atoms with Gasteiger partial charge < -0.3 is 10.5 Å². The minimum Gasteiger partial charge on any atom is -0.435 e. The van der Waals surface area contributed by atoms with Crippen molar-refractivity contribution in [3.05, 3.63) is 40.8 Å². The standard InChI is InChI=1S/C10H7Cl2N3O/c11-6-1-2-8(13)9(3-6)16-10-7(12)4-14-5-15-10/h1-5H,13H2. The van der Waals surface area contributed by atoms with Crippen molar-refractivity contribution in [1.29, 1.82) is 0 Å². The monoisotopic (exact) mass is 255 g/mol. The fourth-order valence-corrected chi connectivity index (χ4v) is 1.38. The van der Waals surface area contributed by atoms with Crippen molar-refractivity contribution < 1.29 is 4.74 Å². The molecule has 0 atom stereocenters. The normalized spacial score (nSPS) is 10.1. The lowest BCUT2D eigenvalue weighted by Gasteiger charge is -2.08. The second kappa shape index (κ2) is 4.55. The summed E-state index contributed by atoms with van der Waals surface area (Å²) in [6, 6.07) is 4.91. The van der Waals surface area contributed by atoms with Crippen molar-refractivity contribution in [2.75, 3.05) is 5.73 Å². The summed E-state index contributed by atoms with van der Waals surface area (Å²) in [5, 5.41) is 0.830. The van der Waals surface area contributed by atoms with Gasteiger partial charge in [0.25, 0.3) is 0 Å². The molecule has 4 nitrogen and oxygen atoms in total. The molecule has 1 heterocycles. The molecule has 0 aliphatic carbocycles. The average molecular weight is 256 g/mol. The summed E-state index contributed by atoms with van der Waals surface area (Å²) in [6.07, 6.45) is 2.77. The lowest BCUT2D eigenvalue weighted by atomic mass is 10.3. The zero-order chi connectivity index (χ0) is 11.5. The highest BCUT2D eigenvalue weighted by Crippen LogP contribution is 2.31. The zero-order valence-electron chi connectivity index (χ0n) is 8.02. The molecule has 1 aromatic heterocycles. The van der Waals surface area contributed by atoms with Crippen LogP contribution in [-0.2, 0) is 0 Å². The van der Waals surface area contributed by atoms with Gasteiger partial charge in [-0.25, -0.2) is 9.97 Å². The van der Waals surface area contributed by atoms with Crippen LogP contribution < -0.4 is 10.5 Å². The summed E-state index contributed by atoms with van der Waals surface area (Å²) in [5.41, 5.74) is 6.17. The lowest BCUT2D eigenvalue weighted by Crippen LogP contribution is -1.94. The molecule has 0 saturated heterocycles. The molecular weight excluding hydrogens is 249 g/mol. The highest BCUT2D eigenvalue weighted by atomic mass is 35.5. The maximum Gasteiger partial charge on any atom is 0.241 e. The molecule has 16 heavy (non-hydrogen) atoms. The van der Waals surface area contributed by atoms with E-state index in [1.165, 1.54) is 12.5 Å². The summed E-state index contributed by atoms with van der Waals surface area (Å²) < 4.78 is 5.43. The van der Waals surface area contributed by atoms with Crippen LogP contribution in [0.25, 0.3) is 0 Å². The van der Waals surface area contributed by atoms with E-state index in [4.69, 9.17) is 33.7 Å². The van der Waals surface area contributed by atoms with E-state index < -0.39 is 0 Å². The van der Waals surface area contributed by atoms with E-state index in [0.717, 1.165) is 0 Å². The van der Waals surface area contributed by atoms with Crippen LogP contribution in [-0.4, -0.2) is 9.97 Å². The number of halogens is 2. The molecule has 0 fully saturated rings. The van der Waals surface area contributed by atoms with Gasteiger partial charge in [-0.1, -0.05) is 23.2 Å². The molecule has 0 bridgehead atoms. The summed E-state index contributed by atoms with van der Waals surface area (Å²) >= 11 is 11.7. The van der Waals surface area contributed by atoms with Gasteiger partial charge >= 0.3 is 0 Å². The fourth-order valence-electron chi connectivity index (χ4n) is 1.08. The van der Waals surface area contributed by atoms with Crippen LogP contribution in [0.3, 0.4) is 0 Å². The van der Waals surface area contributed by atoms with Crippen molar-refractivity contribution in [3.63, 3.8) is 0 Å². The van der Waals surface area contributed by atoms with E-state index in [-0.39, 0.29) is 5.88 Å². The first kappa shape index (κ1) is 11.0. The second-order valence-electron chi connectivity index (χ2n) is 2.96. The molecular formula is C10H7Cl2N3O. The number of nitrogen functional groups attached to an aromatic ring is 1. The Bertz CT molecular complexity index is 519. The third kappa shape index (κ3) is 2.35. The van der Waals surface area contributed by atoms with Gasteiger partial charge in [-0.05, 0) is 12.1 Å². The Labute approximate surface area is 102 Å². The smallest absolute Gasteiger partial charge is 0.241 e. The Morgan fingerprint density at radius 3 is 2.81 bits per heavy atom. The number of ether oxygens (including phenoxy) is 1. The van der Waals surface area contributed by atoms with Crippen molar-refractivity contribution in [2.24, 2.45) is 0 Å². The molecule has 0 saturated carbocycles. The highest BCUT2D eigenvalue weighted by Gasteiger charge is 2.07. The van der Waals surface area contributed by atoms with Crippen molar-refractivity contribution in [2.45, 2.75) is 0 Å². The number of nitrogens with two attached hydrogens (primary N) is 1. The molecule has 2 N–H and O–H groups in total. The molecule has 0 amide bonds. The molecule has 0 unspecified atom stereocenters. The molecule has 2 rings (SSSR count). The molecule has 0 aliphatic rings. The Hall–Kier alpha value is -1.52. The second-order valence-corrected chi connectivity index (χ2v) is 3.80. The first-order valence-corrected chi connectivity index (χ1v) is 5.11. The van der Waals surface area contributed by atoms with Gasteiger partial charge in [-0.2, -0.15) is 0 Å². The van der Waals surface area contributed by atoms with Crippen molar-refractivity contribution >= 4 is 28.9 Å². The van der Waals surface area contributed by atoms with E-state index in [9.17, 15) is 0 Å². The van der Waals surface area contributed by atoms with Crippen LogP contribution in [0.15, 0.2) is 30.7 Å². The van der Waals surface area contributed by atoms with Gasteiger partial charge in [-0.15, -0.1) is 0 Å². The number of anilines is 1. The van der Waals surface area contributed by atoms with E-state index in [1.807, 2.05) is 0 Å². The summed E-state index contributed by atoms with van der Waals surface area (Å²) in [5.74, 6) is 0.652. The van der Waals surface area contributed by atoms with Crippen LogP contribution in [0, 0.1) is 0 Å². The molecule has 0 radical (unpaired) electrons. The Morgan fingerprint density at radius 1 is 1.25 bits per heavy atom. The highest BCUT2D eigenvalue weighted by molar-refractivity contribution is 6.31. The summed E-state index contributed by atoms with van der Waals surface area (Å²) in [4.78, 5) is 7.63. The SMILES string of the molecule is Nc1ccc(Cl)cc1Oc1ncncc1Cl. The number of aromatic nitrogens is 2. The van der Waals surface area contributed by atoms with Gasteiger partial charge in [-0.3, -0.25) is 0 Å². The van der Waals surface area contributed by atoms with Gasteiger partial charge in [0.15, 0.2) is 5.75 Å². The average Bonchev–Trinajstić information content (AvgIpc) is 2.27. The lowest BCUT2D eigenvalue weighted by molar-refractivity contribution is 0.464. The topological polar surface area (TPSA) is 61.0 Å². The third-order valence-corrected chi connectivity index (χ3v) is 2.31. The number of hydrogen-bond donors (Lipinski definition) is 1. The molecule has 6 heteroatoms. The van der Waals surface area contributed by atoms with E-state index in [0.29, 0.717) is 21.5 Å². The van der Waals surface area contributed by atoms with Crippen LogP contribution in [0.5, 0.6) is 11.6 Å². The first-order chi connectivity index (χ1) is 7.66. The maximum atomic E-state index is 5.84. The Balaban J connectivity index is 2.34. The van der Waals surface area contributed by atoms with Crippen LogP contribution in [0.1, 0.15) is 0 Å². The number of rotatable bonds is 2. The van der Waals surface area contributed by atoms with Crippen molar-refractivity contribution in [1.82, 2.24) is 9.97 Å². The Morgan fingerprint density at radius 2 is 2.06 bits per heavy atom. The third-order valence-electron chi connectivity index (χ3n) is 1.82. The fraction of sp³-hybridized carbons (Fsp3) is 0.